The van der Waals surface area contributed by atoms with Crippen LogP contribution < -0.4 is 4.74 Å². The van der Waals surface area contributed by atoms with E-state index in [-0.39, 0.29) is 5.92 Å². The van der Waals surface area contributed by atoms with Gasteiger partial charge in [0.15, 0.2) is 0 Å². The summed E-state index contributed by atoms with van der Waals surface area (Å²) in [5.41, 5.74) is 3.10. The number of ether oxygens (including phenoxy) is 2. The summed E-state index contributed by atoms with van der Waals surface area (Å²) in [5, 5.41) is 10.1. The maximum Gasteiger partial charge on any atom is 0.330 e. The minimum Gasteiger partial charge on any atom is -0.496 e. The molecule has 0 spiro atoms. The highest BCUT2D eigenvalue weighted by atomic mass is 16.5. The van der Waals surface area contributed by atoms with Gasteiger partial charge in [-0.05, 0) is 42.7 Å². The van der Waals surface area contributed by atoms with Crippen molar-refractivity contribution in [2.75, 3.05) is 14.2 Å². The van der Waals surface area contributed by atoms with Crippen molar-refractivity contribution in [3.63, 3.8) is 0 Å². The average Bonchev–Trinajstić information content (AvgIpc) is 2.45. The molecule has 0 fully saturated rings. The molecule has 0 aliphatic rings. The van der Waals surface area contributed by atoms with Crippen molar-refractivity contribution >= 4 is 5.97 Å². The van der Waals surface area contributed by atoms with Gasteiger partial charge in [0.2, 0.25) is 0 Å². The van der Waals surface area contributed by atoms with Crippen LogP contribution in [-0.4, -0.2) is 31.4 Å². The van der Waals surface area contributed by atoms with Gasteiger partial charge in [-0.25, -0.2) is 4.79 Å². The predicted octanol–water partition coefficient (Wildman–Crippen LogP) is 2.51. The van der Waals surface area contributed by atoms with E-state index in [2.05, 4.69) is 4.74 Å². The van der Waals surface area contributed by atoms with Gasteiger partial charge in [0.25, 0.3) is 0 Å². The standard InChI is InChI=1S/C16H22O4/c1-10-9-15(19-4)11(2)8-13(10)12(3)14(17)6-7-16(18)20-5/h6-9,12,14,17H,1-5H3/b7-6+/t12-,14-/m0/s1. The third-order valence-electron chi connectivity index (χ3n) is 3.42. The monoisotopic (exact) mass is 278 g/mol. The van der Waals surface area contributed by atoms with Crippen molar-refractivity contribution in [2.24, 2.45) is 0 Å². The van der Waals surface area contributed by atoms with Crippen LogP contribution >= 0.6 is 0 Å². The first-order chi connectivity index (χ1) is 9.40. The van der Waals surface area contributed by atoms with Gasteiger partial charge in [-0.2, -0.15) is 0 Å². The number of aliphatic hydroxyl groups is 1. The van der Waals surface area contributed by atoms with Gasteiger partial charge >= 0.3 is 5.97 Å². The van der Waals surface area contributed by atoms with Crippen molar-refractivity contribution in [3.05, 3.63) is 41.0 Å². The molecule has 0 amide bonds. The minimum atomic E-state index is -0.749. The Morgan fingerprint density at radius 3 is 2.45 bits per heavy atom. The molecule has 4 heteroatoms. The van der Waals surface area contributed by atoms with E-state index in [1.807, 2.05) is 32.9 Å². The first-order valence-corrected chi connectivity index (χ1v) is 6.50. The van der Waals surface area contributed by atoms with Crippen molar-refractivity contribution < 1.29 is 19.4 Å². The number of esters is 1. The summed E-state index contributed by atoms with van der Waals surface area (Å²) in [5.74, 6) is 0.234. The molecule has 0 aliphatic carbocycles. The molecule has 0 saturated carbocycles. The molecule has 1 aromatic rings. The highest BCUT2D eigenvalue weighted by Crippen LogP contribution is 2.29. The molecule has 0 heterocycles. The summed E-state index contributed by atoms with van der Waals surface area (Å²) in [6, 6.07) is 3.96. The third-order valence-corrected chi connectivity index (χ3v) is 3.42. The Morgan fingerprint density at radius 2 is 1.90 bits per heavy atom. The molecule has 0 unspecified atom stereocenters. The van der Waals surface area contributed by atoms with Gasteiger partial charge in [0.1, 0.15) is 5.75 Å². The fraction of sp³-hybridized carbons (Fsp3) is 0.438. The van der Waals surface area contributed by atoms with E-state index >= 15 is 0 Å². The Balaban J connectivity index is 2.97. The lowest BCUT2D eigenvalue weighted by molar-refractivity contribution is -0.134. The zero-order chi connectivity index (χ0) is 15.3. The van der Waals surface area contributed by atoms with Gasteiger partial charge in [0.05, 0.1) is 20.3 Å². The largest absolute Gasteiger partial charge is 0.496 e. The normalized spacial score (nSPS) is 14.1. The number of methoxy groups -OCH3 is 2. The maximum absolute atomic E-state index is 11.0. The second-order valence-electron chi connectivity index (χ2n) is 4.84. The average molecular weight is 278 g/mol. The number of rotatable bonds is 5. The highest BCUT2D eigenvalue weighted by molar-refractivity contribution is 5.81. The lowest BCUT2D eigenvalue weighted by Crippen LogP contribution is -2.15. The Hall–Kier alpha value is -1.81. The molecule has 1 aromatic carbocycles. The van der Waals surface area contributed by atoms with Crippen LogP contribution in [0.15, 0.2) is 24.3 Å². The van der Waals surface area contributed by atoms with Crippen molar-refractivity contribution in [1.29, 1.82) is 0 Å². The van der Waals surface area contributed by atoms with Crippen LogP contribution in [0.4, 0.5) is 0 Å². The summed E-state index contributed by atoms with van der Waals surface area (Å²) in [6.45, 7) is 5.86. The maximum atomic E-state index is 11.0. The van der Waals surface area contributed by atoms with E-state index in [4.69, 9.17) is 4.74 Å². The lowest BCUT2D eigenvalue weighted by atomic mass is 9.90. The van der Waals surface area contributed by atoms with Crippen molar-refractivity contribution in [3.8, 4) is 5.75 Å². The number of carbonyl (C=O) groups is 1. The fourth-order valence-corrected chi connectivity index (χ4v) is 2.12. The van der Waals surface area contributed by atoms with E-state index in [0.717, 1.165) is 22.4 Å². The molecule has 0 radical (unpaired) electrons. The van der Waals surface area contributed by atoms with E-state index in [9.17, 15) is 9.90 Å². The number of benzene rings is 1. The molecule has 0 bridgehead atoms. The summed E-state index contributed by atoms with van der Waals surface area (Å²) >= 11 is 0. The number of hydrogen-bond donors (Lipinski definition) is 1. The van der Waals surface area contributed by atoms with Crippen LogP contribution in [0.25, 0.3) is 0 Å². The highest BCUT2D eigenvalue weighted by Gasteiger charge is 2.17. The Bertz CT molecular complexity index is 505. The SMILES string of the molecule is COC(=O)/C=C/[C@H](O)[C@@H](C)c1cc(C)c(OC)cc1C. The number of hydrogen-bond acceptors (Lipinski definition) is 4. The molecule has 0 aromatic heterocycles. The molecule has 0 aliphatic heterocycles. The molecule has 20 heavy (non-hydrogen) atoms. The first kappa shape index (κ1) is 16.2. The van der Waals surface area contributed by atoms with Crippen LogP contribution in [0.2, 0.25) is 0 Å². The zero-order valence-electron chi connectivity index (χ0n) is 12.6. The number of carbonyl (C=O) groups excluding carboxylic acids is 1. The van der Waals surface area contributed by atoms with Gasteiger partial charge < -0.3 is 14.6 Å². The molecule has 1 N–H and O–H groups in total. The zero-order valence-corrected chi connectivity index (χ0v) is 12.6. The smallest absolute Gasteiger partial charge is 0.330 e. The van der Waals surface area contributed by atoms with Crippen LogP contribution in [-0.2, 0) is 9.53 Å². The summed E-state index contributed by atoms with van der Waals surface area (Å²) < 4.78 is 9.78. The number of aryl methyl sites for hydroxylation is 2. The Morgan fingerprint density at radius 1 is 1.25 bits per heavy atom. The summed E-state index contributed by atoms with van der Waals surface area (Å²) in [6.07, 6.45) is 1.95. The quantitative estimate of drug-likeness (QED) is 0.664. The second-order valence-corrected chi connectivity index (χ2v) is 4.84. The van der Waals surface area contributed by atoms with E-state index in [1.165, 1.54) is 19.3 Å². The van der Waals surface area contributed by atoms with E-state index in [0.29, 0.717) is 0 Å². The van der Waals surface area contributed by atoms with Crippen LogP contribution in [0.1, 0.15) is 29.5 Å². The topological polar surface area (TPSA) is 55.8 Å². The summed E-state index contributed by atoms with van der Waals surface area (Å²) in [7, 11) is 2.94. The number of aliphatic hydroxyl groups excluding tert-OH is 1. The fourth-order valence-electron chi connectivity index (χ4n) is 2.12. The molecule has 110 valence electrons. The molecular weight excluding hydrogens is 256 g/mol. The second kappa shape index (κ2) is 7.10. The first-order valence-electron chi connectivity index (χ1n) is 6.50. The van der Waals surface area contributed by atoms with Gasteiger partial charge in [-0.15, -0.1) is 0 Å². The Labute approximate surface area is 120 Å². The predicted molar refractivity (Wildman–Crippen MR) is 78.0 cm³/mol. The van der Waals surface area contributed by atoms with Gasteiger partial charge in [-0.1, -0.05) is 13.0 Å². The van der Waals surface area contributed by atoms with E-state index < -0.39 is 12.1 Å². The summed E-state index contributed by atoms with van der Waals surface area (Å²) in [4.78, 5) is 11.0. The molecule has 0 saturated heterocycles. The van der Waals surface area contributed by atoms with Crippen LogP contribution in [0.5, 0.6) is 5.75 Å². The molecular formula is C16H22O4. The van der Waals surface area contributed by atoms with E-state index in [1.54, 1.807) is 7.11 Å². The molecule has 1 rings (SSSR count). The minimum absolute atomic E-state index is 0.125. The third kappa shape index (κ3) is 3.84. The molecule has 2 atom stereocenters. The lowest BCUT2D eigenvalue weighted by Gasteiger charge is -2.20. The van der Waals surface area contributed by atoms with Crippen molar-refractivity contribution in [1.82, 2.24) is 0 Å². The van der Waals surface area contributed by atoms with Crippen LogP contribution in [0.3, 0.4) is 0 Å². The van der Waals surface area contributed by atoms with Gasteiger partial charge in [0, 0.05) is 12.0 Å². The van der Waals surface area contributed by atoms with Gasteiger partial charge in [-0.3, -0.25) is 0 Å². The molecule has 4 nitrogen and oxygen atoms in total. The van der Waals surface area contributed by atoms with Crippen LogP contribution in [0, 0.1) is 13.8 Å². The Kier molecular flexibility index (Phi) is 5.77. The van der Waals surface area contributed by atoms with Crippen molar-refractivity contribution in [2.45, 2.75) is 32.8 Å².